The van der Waals surface area contributed by atoms with Gasteiger partial charge in [-0.2, -0.15) is 0 Å². The predicted molar refractivity (Wildman–Crippen MR) is 81.5 cm³/mol. The molecule has 0 nitrogen and oxygen atoms in total. The topological polar surface area (TPSA) is 0 Å². The second kappa shape index (κ2) is 6.01. The summed E-state index contributed by atoms with van der Waals surface area (Å²) in [6.45, 7) is 3.49. The molecule has 4 aliphatic rings. The maximum Gasteiger partial charge on any atom is 0.146 e. The van der Waals surface area contributed by atoms with E-state index in [0.29, 0.717) is 0 Å². The van der Waals surface area contributed by atoms with Crippen LogP contribution in [0.15, 0.2) is 0 Å². The van der Waals surface area contributed by atoms with E-state index >= 15 is 0 Å². The van der Waals surface area contributed by atoms with Crippen LogP contribution in [-0.4, -0.2) is 6.71 Å². The summed E-state index contributed by atoms with van der Waals surface area (Å²) in [5, 5.41) is 0. The molecule has 4 fully saturated rings. The van der Waals surface area contributed by atoms with Gasteiger partial charge in [0.2, 0.25) is 0 Å². The molecule has 0 aromatic heterocycles. The maximum atomic E-state index is 2.36. The molecular weight excluding hydrogens is 215 g/mol. The molecular formula is C17H31B. The average Bonchev–Trinajstić information content (AvgIpc) is 2.61. The molecule has 1 saturated heterocycles. The third-order valence-electron chi connectivity index (χ3n) is 6.36. The Kier molecular flexibility index (Phi) is 4.36. The van der Waals surface area contributed by atoms with Gasteiger partial charge in [0.15, 0.2) is 0 Å². The quantitative estimate of drug-likeness (QED) is 0.549. The Hall–Kier alpha value is 0.0649. The van der Waals surface area contributed by atoms with E-state index in [1.54, 1.807) is 51.3 Å². The Bertz CT molecular complexity index is 246. The van der Waals surface area contributed by atoms with E-state index < -0.39 is 0 Å². The third kappa shape index (κ3) is 2.80. The van der Waals surface area contributed by atoms with E-state index in [0.717, 1.165) is 30.2 Å². The van der Waals surface area contributed by atoms with Crippen molar-refractivity contribution in [3.8, 4) is 0 Å². The average molecular weight is 246 g/mol. The van der Waals surface area contributed by atoms with Crippen molar-refractivity contribution < 1.29 is 0 Å². The van der Waals surface area contributed by atoms with Crippen molar-refractivity contribution in [3.05, 3.63) is 0 Å². The van der Waals surface area contributed by atoms with E-state index in [1.165, 1.54) is 25.7 Å². The second-order valence-corrected chi connectivity index (χ2v) is 7.64. The zero-order valence-electron chi connectivity index (χ0n) is 12.4. The minimum atomic E-state index is 1.11. The Morgan fingerprint density at radius 3 is 2.44 bits per heavy atom. The molecule has 1 aliphatic heterocycles. The van der Waals surface area contributed by atoms with E-state index in [-0.39, 0.29) is 0 Å². The minimum absolute atomic E-state index is 1.11. The van der Waals surface area contributed by atoms with Crippen LogP contribution in [-0.2, 0) is 0 Å². The highest BCUT2D eigenvalue weighted by atomic mass is 14.4. The van der Waals surface area contributed by atoms with Gasteiger partial charge in [0.05, 0.1) is 0 Å². The number of hydrogen-bond acceptors (Lipinski definition) is 0. The first-order valence-corrected chi connectivity index (χ1v) is 8.86. The summed E-state index contributed by atoms with van der Waals surface area (Å²) in [7, 11) is 0. The first-order valence-electron chi connectivity index (χ1n) is 8.86. The summed E-state index contributed by atoms with van der Waals surface area (Å²) < 4.78 is 0. The highest BCUT2D eigenvalue weighted by Gasteiger charge is 2.43. The first-order chi connectivity index (χ1) is 8.86. The highest BCUT2D eigenvalue weighted by molar-refractivity contribution is 6.62. The van der Waals surface area contributed by atoms with Gasteiger partial charge in [-0.15, -0.1) is 0 Å². The van der Waals surface area contributed by atoms with E-state index in [1.807, 2.05) is 0 Å². The molecule has 102 valence electrons. The van der Waals surface area contributed by atoms with Crippen LogP contribution in [0.3, 0.4) is 0 Å². The molecule has 2 bridgehead atoms. The summed E-state index contributed by atoms with van der Waals surface area (Å²) in [5.41, 5.74) is 0. The molecule has 0 N–H and O–H groups in total. The van der Waals surface area contributed by atoms with Gasteiger partial charge in [0.25, 0.3) is 0 Å². The Balaban J connectivity index is 1.61. The van der Waals surface area contributed by atoms with Gasteiger partial charge in [-0.05, 0) is 24.7 Å². The third-order valence-corrected chi connectivity index (χ3v) is 6.36. The monoisotopic (exact) mass is 246 g/mol. The molecule has 1 heterocycles. The van der Waals surface area contributed by atoms with E-state index in [4.69, 9.17) is 0 Å². The fourth-order valence-corrected chi connectivity index (χ4v) is 5.42. The Labute approximate surface area is 114 Å². The fraction of sp³-hybridized carbons (Fsp3) is 1.00. The Morgan fingerprint density at radius 1 is 0.944 bits per heavy atom. The van der Waals surface area contributed by atoms with Crippen molar-refractivity contribution in [2.24, 2.45) is 11.8 Å². The molecule has 1 unspecified atom stereocenters. The van der Waals surface area contributed by atoms with E-state index in [2.05, 4.69) is 6.92 Å². The molecule has 1 atom stereocenters. The van der Waals surface area contributed by atoms with Crippen molar-refractivity contribution in [1.82, 2.24) is 0 Å². The molecule has 3 saturated carbocycles. The molecule has 0 amide bonds. The van der Waals surface area contributed by atoms with Crippen LogP contribution < -0.4 is 0 Å². The summed E-state index contributed by atoms with van der Waals surface area (Å²) in [6, 6.07) is 0. The molecule has 0 aromatic rings. The summed E-state index contributed by atoms with van der Waals surface area (Å²) in [6.07, 6.45) is 18.6. The van der Waals surface area contributed by atoms with Crippen molar-refractivity contribution in [2.75, 3.05) is 0 Å². The molecule has 1 heteroatoms. The summed E-state index contributed by atoms with van der Waals surface area (Å²) in [4.78, 5) is 0. The number of fused-ring (bicyclic) bond motifs is 2. The van der Waals surface area contributed by atoms with Crippen molar-refractivity contribution >= 4 is 6.71 Å². The zero-order chi connectivity index (χ0) is 12.4. The van der Waals surface area contributed by atoms with Crippen molar-refractivity contribution in [3.63, 3.8) is 0 Å². The fourth-order valence-electron chi connectivity index (χ4n) is 5.42. The molecule has 0 aromatic carbocycles. The molecule has 4 rings (SSSR count). The van der Waals surface area contributed by atoms with Crippen LogP contribution in [0.4, 0.5) is 0 Å². The van der Waals surface area contributed by atoms with Crippen LogP contribution in [0.25, 0.3) is 0 Å². The van der Waals surface area contributed by atoms with Crippen molar-refractivity contribution in [2.45, 2.75) is 95.5 Å². The number of unbranched alkanes of at least 4 members (excludes halogenated alkanes) is 1. The summed E-state index contributed by atoms with van der Waals surface area (Å²) in [5.74, 6) is 4.56. The zero-order valence-corrected chi connectivity index (χ0v) is 12.4. The second-order valence-electron chi connectivity index (χ2n) is 7.64. The van der Waals surface area contributed by atoms with Crippen LogP contribution in [0.1, 0.15) is 77.6 Å². The lowest BCUT2D eigenvalue weighted by Gasteiger charge is -2.48. The Morgan fingerprint density at radius 2 is 1.72 bits per heavy atom. The van der Waals surface area contributed by atoms with Gasteiger partial charge in [-0.3, -0.25) is 0 Å². The predicted octanol–water partition coefficient (Wildman–Crippen LogP) is 5.81. The lowest BCUT2D eigenvalue weighted by Crippen LogP contribution is -2.39. The van der Waals surface area contributed by atoms with Crippen molar-refractivity contribution in [1.29, 1.82) is 0 Å². The largest absolute Gasteiger partial charge is 0.146 e. The van der Waals surface area contributed by atoms with Crippen LogP contribution in [0.5, 0.6) is 0 Å². The lowest BCUT2D eigenvalue weighted by atomic mass is 9.27. The van der Waals surface area contributed by atoms with Gasteiger partial charge >= 0.3 is 0 Å². The normalized spacial score (nSPS) is 40.2. The van der Waals surface area contributed by atoms with Gasteiger partial charge < -0.3 is 0 Å². The molecule has 18 heavy (non-hydrogen) atoms. The minimum Gasteiger partial charge on any atom is -0.0737 e. The summed E-state index contributed by atoms with van der Waals surface area (Å²) >= 11 is 0. The van der Waals surface area contributed by atoms with Crippen LogP contribution in [0, 0.1) is 11.8 Å². The van der Waals surface area contributed by atoms with Crippen LogP contribution in [0.2, 0.25) is 18.0 Å². The first kappa shape index (κ1) is 13.1. The molecule has 0 spiro atoms. The van der Waals surface area contributed by atoms with Crippen LogP contribution >= 0.6 is 0 Å². The standard InChI is InChI=1S/C17H31B/c1-2-3-7-16-8-5-4-6-9-18(16)17-12-14-10-15(11-14)13-17/h14-17H,2-13H2,1H3. The van der Waals surface area contributed by atoms with E-state index in [9.17, 15) is 0 Å². The number of hydrogen-bond donors (Lipinski definition) is 0. The SMILES string of the molecule is CCCCC1CCCCCB1C1CC2CC(C2)C1. The lowest BCUT2D eigenvalue weighted by molar-refractivity contribution is 0.114. The maximum absolute atomic E-state index is 2.36. The smallest absolute Gasteiger partial charge is 0.0737 e. The van der Waals surface area contributed by atoms with Gasteiger partial charge in [0.1, 0.15) is 6.71 Å². The molecule has 3 aliphatic carbocycles. The van der Waals surface area contributed by atoms with Gasteiger partial charge in [0, 0.05) is 0 Å². The number of rotatable bonds is 4. The molecule has 0 radical (unpaired) electrons. The van der Waals surface area contributed by atoms with Gasteiger partial charge in [-0.1, -0.05) is 82.7 Å². The van der Waals surface area contributed by atoms with Gasteiger partial charge in [-0.25, -0.2) is 0 Å². The highest BCUT2D eigenvalue weighted by Crippen LogP contribution is 2.54.